The molecule has 0 saturated carbocycles. The van der Waals surface area contributed by atoms with Gasteiger partial charge in [-0.05, 0) is 43.3 Å². The van der Waals surface area contributed by atoms with Crippen LogP contribution in [0, 0.1) is 0 Å². The third-order valence-corrected chi connectivity index (χ3v) is 4.89. The SMILES string of the molecule is CCOc1ccc(-c2nc(C(=O)Nc3ccn(-c4ccccc4)n3)cs2)cc1. The van der Waals surface area contributed by atoms with E-state index in [4.69, 9.17) is 4.74 Å². The van der Waals surface area contributed by atoms with Gasteiger partial charge < -0.3 is 10.1 Å². The smallest absolute Gasteiger partial charge is 0.276 e. The predicted octanol–water partition coefficient (Wildman–Crippen LogP) is 4.65. The van der Waals surface area contributed by atoms with Crippen molar-refractivity contribution in [3.05, 3.63) is 77.9 Å². The van der Waals surface area contributed by atoms with Gasteiger partial charge >= 0.3 is 0 Å². The summed E-state index contributed by atoms with van der Waals surface area (Å²) in [5.41, 5.74) is 2.23. The number of thiazole rings is 1. The molecule has 0 atom stereocenters. The molecule has 0 saturated heterocycles. The first-order valence-corrected chi connectivity index (χ1v) is 9.72. The predicted molar refractivity (Wildman–Crippen MR) is 110 cm³/mol. The van der Waals surface area contributed by atoms with Gasteiger partial charge in [0.25, 0.3) is 5.91 Å². The number of carbonyl (C=O) groups excluding carboxylic acids is 1. The van der Waals surface area contributed by atoms with Crippen LogP contribution in [0.5, 0.6) is 5.75 Å². The first kappa shape index (κ1) is 17.9. The molecule has 2 aromatic carbocycles. The van der Waals surface area contributed by atoms with Crippen molar-refractivity contribution in [1.29, 1.82) is 0 Å². The molecule has 0 radical (unpaired) electrons. The van der Waals surface area contributed by atoms with E-state index in [1.807, 2.05) is 61.5 Å². The van der Waals surface area contributed by atoms with Crippen molar-refractivity contribution in [3.63, 3.8) is 0 Å². The molecule has 1 N–H and O–H groups in total. The van der Waals surface area contributed by atoms with E-state index in [-0.39, 0.29) is 5.91 Å². The van der Waals surface area contributed by atoms with E-state index >= 15 is 0 Å². The highest BCUT2D eigenvalue weighted by atomic mass is 32.1. The van der Waals surface area contributed by atoms with Crippen molar-refractivity contribution >= 4 is 23.1 Å². The Morgan fingerprint density at radius 1 is 1.11 bits per heavy atom. The molecule has 28 heavy (non-hydrogen) atoms. The molecule has 4 rings (SSSR count). The molecule has 1 amide bonds. The minimum absolute atomic E-state index is 0.285. The average Bonchev–Trinajstić information content (AvgIpc) is 3.39. The molecule has 4 aromatic rings. The summed E-state index contributed by atoms with van der Waals surface area (Å²) < 4.78 is 7.16. The average molecular weight is 390 g/mol. The van der Waals surface area contributed by atoms with Crippen LogP contribution in [0.15, 0.2) is 72.2 Å². The second kappa shape index (κ2) is 8.06. The summed E-state index contributed by atoms with van der Waals surface area (Å²) in [5, 5.41) is 9.70. The quantitative estimate of drug-likeness (QED) is 0.520. The van der Waals surface area contributed by atoms with E-state index in [1.54, 1.807) is 22.3 Å². The molecule has 0 aliphatic heterocycles. The second-order valence-electron chi connectivity index (χ2n) is 5.93. The second-order valence-corrected chi connectivity index (χ2v) is 6.79. The van der Waals surface area contributed by atoms with E-state index in [9.17, 15) is 4.79 Å². The first-order chi connectivity index (χ1) is 13.7. The molecular formula is C21H18N4O2S. The summed E-state index contributed by atoms with van der Waals surface area (Å²) in [6, 6.07) is 19.1. The van der Waals surface area contributed by atoms with Crippen LogP contribution in [-0.4, -0.2) is 27.3 Å². The number of carbonyl (C=O) groups is 1. The highest BCUT2D eigenvalue weighted by molar-refractivity contribution is 7.13. The Balaban J connectivity index is 1.45. The number of aromatic nitrogens is 3. The third kappa shape index (κ3) is 3.94. The van der Waals surface area contributed by atoms with Crippen LogP contribution in [0.4, 0.5) is 5.82 Å². The van der Waals surface area contributed by atoms with Crippen LogP contribution in [0.2, 0.25) is 0 Å². The van der Waals surface area contributed by atoms with Crippen molar-refractivity contribution in [2.75, 3.05) is 11.9 Å². The Hall–Kier alpha value is -3.45. The normalized spacial score (nSPS) is 10.6. The standard InChI is InChI=1S/C21H18N4O2S/c1-2-27-17-10-8-15(9-11-17)21-22-18(14-28-21)20(26)23-19-12-13-25(24-19)16-6-4-3-5-7-16/h3-14H,2H2,1H3,(H,23,24,26). The fourth-order valence-corrected chi connectivity index (χ4v) is 3.47. The van der Waals surface area contributed by atoms with E-state index < -0.39 is 0 Å². The summed E-state index contributed by atoms with van der Waals surface area (Å²) in [7, 11) is 0. The lowest BCUT2D eigenvalue weighted by Crippen LogP contribution is -2.13. The van der Waals surface area contributed by atoms with Crippen molar-refractivity contribution in [2.45, 2.75) is 6.92 Å². The van der Waals surface area contributed by atoms with E-state index in [0.29, 0.717) is 18.1 Å². The minimum Gasteiger partial charge on any atom is -0.494 e. The van der Waals surface area contributed by atoms with Gasteiger partial charge in [-0.15, -0.1) is 11.3 Å². The Morgan fingerprint density at radius 2 is 1.89 bits per heavy atom. The Kier molecular flexibility index (Phi) is 5.16. The topological polar surface area (TPSA) is 69.0 Å². The number of hydrogen-bond acceptors (Lipinski definition) is 5. The lowest BCUT2D eigenvalue weighted by Gasteiger charge is -2.03. The number of hydrogen-bond donors (Lipinski definition) is 1. The lowest BCUT2D eigenvalue weighted by atomic mass is 10.2. The van der Waals surface area contributed by atoms with Crippen LogP contribution in [0.1, 0.15) is 17.4 Å². The van der Waals surface area contributed by atoms with Crippen LogP contribution >= 0.6 is 11.3 Å². The molecule has 2 aromatic heterocycles. The zero-order valence-electron chi connectivity index (χ0n) is 15.2. The highest BCUT2D eigenvalue weighted by Gasteiger charge is 2.13. The first-order valence-electron chi connectivity index (χ1n) is 8.84. The van der Waals surface area contributed by atoms with E-state index in [1.165, 1.54) is 11.3 Å². The van der Waals surface area contributed by atoms with Crippen molar-refractivity contribution in [3.8, 4) is 22.0 Å². The van der Waals surface area contributed by atoms with Gasteiger partial charge in [0.2, 0.25) is 0 Å². The van der Waals surface area contributed by atoms with E-state index in [2.05, 4.69) is 15.4 Å². The van der Waals surface area contributed by atoms with Crippen LogP contribution in [-0.2, 0) is 0 Å². The number of rotatable bonds is 6. The Bertz CT molecular complexity index is 1070. The Labute approximate surface area is 166 Å². The largest absolute Gasteiger partial charge is 0.494 e. The fraction of sp³-hybridized carbons (Fsp3) is 0.0952. The molecule has 0 fully saturated rings. The summed E-state index contributed by atoms with van der Waals surface area (Å²) in [6.07, 6.45) is 1.80. The summed E-state index contributed by atoms with van der Waals surface area (Å²) in [5.74, 6) is 1.01. The monoisotopic (exact) mass is 390 g/mol. The fourth-order valence-electron chi connectivity index (χ4n) is 2.67. The number of benzene rings is 2. The molecule has 7 heteroatoms. The Morgan fingerprint density at radius 3 is 2.64 bits per heavy atom. The van der Waals surface area contributed by atoms with Gasteiger partial charge in [-0.2, -0.15) is 5.10 Å². The number of nitrogens with one attached hydrogen (secondary N) is 1. The molecular weight excluding hydrogens is 372 g/mol. The van der Waals surface area contributed by atoms with Gasteiger partial charge in [0.1, 0.15) is 16.5 Å². The van der Waals surface area contributed by atoms with Gasteiger partial charge in [0.05, 0.1) is 12.3 Å². The van der Waals surface area contributed by atoms with Gasteiger partial charge in [0, 0.05) is 23.2 Å². The molecule has 0 unspecified atom stereocenters. The zero-order valence-corrected chi connectivity index (χ0v) is 16.0. The zero-order chi connectivity index (χ0) is 19.3. The molecule has 0 aliphatic rings. The van der Waals surface area contributed by atoms with Crippen LogP contribution < -0.4 is 10.1 Å². The maximum absolute atomic E-state index is 12.5. The van der Waals surface area contributed by atoms with Gasteiger partial charge in [-0.25, -0.2) is 9.67 Å². The summed E-state index contributed by atoms with van der Waals surface area (Å²) in [6.45, 7) is 2.57. The maximum Gasteiger partial charge on any atom is 0.276 e. The number of nitrogens with zero attached hydrogens (tertiary/aromatic N) is 3. The molecule has 0 bridgehead atoms. The molecule has 2 heterocycles. The van der Waals surface area contributed by atoms with Crippen LogP contribution in [0.25, 0.3) is 16.3 Å². The maximum atomic E-state index is 12.5. The van der Waals surface area contributed by atoms with Gasteiger partial charge in [0.15, 0.2) is 5.82 Å². The molecule has 6 nitrogen and oxygen atoms in total. The number of anilines is 1. The van der Waals surface area contributed by atoms with Gasteiger partial charge in [-0.3, -0.25) is 4.79 Å². The van der Waals surface area contributed by atoms with Crippen LogP contribution in [0.3, 0.4) is 0 Å². The summed E-state index contributed by atoms with van der Waals surface area (Å²) in [4.78, 5) is 17.0. The number of amides is 1. The summed E-state index contributed by atoms with van der Waals surface area (Å²) >= 11 is 1.42. The van der Waals surface area contributed by atoms with Crippen molar-refractivity contribution in [1.82, 2.24) is 14.8 Å². The van der Waals surface area contributed by atoms with Crippen molar-refractivity contribution in [2.24, 2.45) is 0 Å². The van der Waals surface area contributed by atoms with Gasteiger partial charge in [-0.1, -0.05) is 18.2 Å². The third-order valence-electron chi connectivity index (χ3n) is 4.00. The molecule has 0 spiro atoms. The highest BCUT2D eigenvalue weighted by Crippen LogP contribution is 2.26. The lowest BCUT2D eigenvalue weighted by molar-refractivity contribution is 0.102. The molecule has 0 aliphatic carbocycles. The number of para-hydroxylation sites is 1. The number of ether oxygens (including phenoxy) is 1. The minimum atomic E-state index is -0.285. The van der Waals surface area contributed by atoms with E-state index in [0.717, 1.165) is 22.0 Å². The van der Waals surface area contributed by atoms with Crippen molar-refractivity contribution < 1.29 is 9.53 Å². The molecule has 140 valence electrons.